The van der Waals surface area contributed by atoms with Crippen molar-refractivity contribution in [3.63, 3.8) is 0 Å². The topological polar surface area (TPSA) is 0 Å². The van der Waals surface area contributed by atoms with E-state index in [1.54, 1.807) is 0 Å². The fourth-order valence-electron chi connectivity index (χ4n) is 0.882. The summed E-state index contributed by atoms with van der Waals surface area (Å²) >= 11 is 2.97. The molecule has 0 spiro atoms. The van der Waals surface area contributed by atoms with Crippen LogP contribution in [0.1, 0.15) is 25.7 Å². The number of hydrogen-bond acceptors (Lipinski definition) is 0. The molecule has 0 aliphatic heterocycles. The van der Waals surface area contributed by atoms with Crippen LogP contribution in [0.25, 0.3) is 0 Å². The average Bonchev–Trinajstić information content (AvgIpc) is 2.15. The standard InChI is InChI=1S/C8H11.3BF4.Rh/c1-2-4-6-8-7-5-3-1;3*2-1(3,4)5;/h1-2,7H,3-6H2;;;;/q;3*-1;+3/b2-1-,8-7?;;;;. The van der Waals surface area contributed by atoms with Gasteiger partial charge in [-0.3, -0.25) is 0 Å². The van der Waals surface area contributed by atoms with Crippen LogP contribution in [0, 0.1) is 0 Å². The molecule has 0 bridgehead atoms. The normalized spacial score (nSPS) is 18.6. The summed E-state index contributed by atoms with van der Waals surface area (Å²) in [4.78, 5) is 0. The Bertz CT molecular complexity index is 312. The molecule has 0 unspecified atom stereocenters. The molecule has 16 heteroatoms. The van der Waals surface area contributed by atoms with Crippen LogP contribution in [0.4, 0.5) is 51.8 Å². The third-order valence-electron chi connectivity index (χ3n) is 1.40. The zero-order valence-electron chi connectivity index (χ0n) is 11.7. The Labute approximate surface area is 140 Å². The number of hydrogen-bond donors (Lipinski definition) is 0. The van der Waals surface area contributed by atoms with Crippen molar-refractivity contribution in [3.05, 3.63) is 22.4 Å². The second-order valence-corrected chi connectivity index (χ2v) is 4.75. The van der Waals surface area contributed by atoms with Crippen molar-refractivity contribution >= 4 is 21.8 Å². The third kappa shape index (κ3) is 100. The molecule has 0 aromatic heterocycles. The monoisotopic (exact) mass is 471 g/mol. The van der Waals surface area contributed by atoms with Crippen molar-refractivity contribution in [1.82, 2.24) is 0 Å². The summed E-state index contributed by atoms with van der Waals surface area (Å²) in [5.74, 6) is 0. The Morgan fingerprint density at radius 1 is 0.583 bits per heavy atom. The molecule has 0 atom stereocenters. The van der Waals surface area contributed by atoms with Gasteiger partial charge in [0.05, 0.1) is 0 Å². The maximum absolute atomic E-state index is 9.75. The molecule has 0 aromatic rings. The fraction of sp³-hybridized carbons (Fsp3) is 0.500. The molecule has 1 rings (SSSR count). The van der Waals surface area contributed by atoms with Gasteiger partial charge in [0, 0.05) is 0 Å². The number of halogens is 12. The SMILES string of the molecule is F[B-](F)(F)F.F[B-](F)(F)F.F[B-](F)(F)F.[Rh+3]/[C]1=C/CC/C=C\CC1. The van der Waals surface area contributed by atoms with Gasteiger partial charge in [0.1, 0.15) is 0 Å². The molecule has 145 valence electrons. The van der Waals surface area contributed by atoms with Crippen molar-refractivity contribution in [2.75, 3.05) is 0 Å². The fourth-order valence-corrected chi connectivity index (χ4v) is 1.36. The summed E-state index contributed by atoms with van der Waals surface area (Å²) in [5.41, 5.74) is 0. The van der Waals surface area contributed by atoms with Crippen molar-refractivity contribution in [2.24, 2.45) is 0 Å². The Hall–Kier alpha value is -0.542. The molecular weight excluding hydrogens is 459 g/mol. The van der Waals surface area contributed by atoms with Gasteiger partial charge in [-0.25, -0.2) is 0 Å². The van der Waals surface area contributed by atoms with Gasteiger partial charge in [0.15, 0.2) is 0 Å². The van der Waals surface area contributed by atoms with E-state index in [9.17, 15) is 51.8 Å². The molecule has 0 N–H and O–H groups in total. The van der Waals surface area contributed by atoms with E-state index < -0.39 is 21.8 Å². The molecule has 0 saturated heterocycles. The van der Waals surface area contributed by atoms with Crippen LogP contribution in [0.2, 0.25) is 0 Å². The summed E-state index contributed by atoms with van der Waals surface area (Å²) < 4.78 is 118. The molecule has 24 heavy (non-hydrogen) atoms. The molecule has 0 nitrogen and oxygen atoms in total. The number of rotatable bonds is 0. The molecule has 0 heterocycles. The van der Waals surface area contributed by atoms with E-state index in [0.717, 1.165) is 0 Å². The molecule has 0 radical (unpaired) electrons. The van der Waals surface area contributed by atoms with Crippen molar-refractivity contribution < 1.29 is 70.1 Å². The number of allylic oxidation sites excluding steroid dienone is 4. The van der Waals surface area contributed by atoms with Gasteiger partial charge in [-0.05, 0) is 0 Å². The van der Waals surface area contributed by atoms with Gasteiger partial charge in [-0.1, -0.05) is 0 Å². The van der Waals surface area contributed by atoms with E-state index in [-0.39, 0.29) is 0 Å². The summed E-state index contributed by atoms with van der Waals surface area (Å²) in [6.45, 7) is 0. The van der Waals surface area contributed by atoms with Gasteiger partial charge in [0.2, 0.25) is 0 Å². The molecule has 1 aliphatic carbocycles. The van der Waals surface area contributed by atoms with E-state index in [1.807, 2.05) is 0 Å². The average molecular weight is 470 g/mol. The van der Waals surface area contributed by atoms with E-state index in [4.69, 9.17) is 0 Å². The minimum absolute atomic E-state index is 1.21. The van der Waals surface area contributed by atoms with Crippen LogP contribution >= 0.6 is 0 Å². The summed E-state index contributed by atoms with van der Waals surface area (Å²) in [6, 6.07) is 0. The summed E-state index contributed by atoms with van der Waals surface area (Å²) in [6.07, 6.45) is 11.7. The molecule has 0 fully saturated rings. The predicted molar refractivity (Wildman–Crippen MR) is 66.2 cm³/mol. The second-order valence-electron chi connectivity index (χ2n) is 3.69. The molecular formula is C8H11B3F12Rh. The Kier molecular flexibility index (Phi) is 16.2. The Morgan fingerprint density at radius 3 is 1.21 bits per heavy atom. The van der Waals surface area contributed by atoms with Crippen LogP contribution in [-0.2, 0) is 18.3 Å². The van der Waals surface area contributed by atoms with Gasteiger partial charge < -0.3 is 51.8 Å². The first-order valence-corrected chi connectivity index (χ1v) is 6.80. The Balaban J connectivity index is -0.000000259. The Morgan fingerprint density at radius 2 is 0.875 bits per heavy atom. The van der Waals surface area contributed by atoms with Crippen LogP contribution in [0.3, 0.4) is 0 Å². The van der Waals surface area contributed by atoms with Gasteiger partial charge in [0.25, 0.3) is 0 Å². The van der Waals surface area contributed by atoms with E-state index >= 15 is 0 Å². The zero-order valence-corrected chi connectivity index (χ0v) is 13.3. The van der Waals surface area contributed by atoms with Crippen LogP contribution < -0.4 is 0 Å². The minimum atomic E-state index is -6.00. The van der Waals surface area contributed by atoms with Gasteiger partial charge in [-0.15, -0.1) is 0 Å². The molecule has 0 amide bonds. The molecule has 0 aromatic carbocycles. The summed E-state index contributed by atoms with van der Waals surface area (Å²) in [7, 11) is -18.0. The van der Waals surface area contributed by atoms with E-state index in [1.165, 1.54) is 29.9 Å². The van der Waals surface area contributed by atoms with Gasteiger partial charge in [-0.2, -0.15) is 0 Å². The first-order chi connectivity index (χ1) is 10.4. The van der Waals surface area contributed by atoms with Gasteiger partial charge >= 0.3 is 88.1 Å². The van der Waals surface area contributed by atoms with E-state index in [0.29, 0.717) is 0 Å². The quantitative estimate of drug-likeness (QED) is 0.217. The van der Waals surface area contributed by atoms with E-state index in [2.05, 4.69) is 36.5 Å². The van der Waals surface area contributed by atoms with Crippen LogP contribution in [0.5, 0.6) is 0 Å². The summed E-state index contributed by atoms with van der Waals surface area (Å²) in [5, 5.41) is 0. The van der Waals surface area contributed by atoms with Crippen molar-refractivity contribution in [1.29, 1.82) is 0 Å². The maximum atomic E-state index is 9.75. The van der Waals surface area contributed by atoms with Crippen LogP contribution in [-0.4, -0.2) is 21.8 Å². The van der Waals surface area contributed by atoms with Crippen LogP contribution in [0.15, 0.2) is 22.4 Å². The zero-order chi connectivity index (χ0) is 20.0. The molecule has 1 aliphatic rings. The van der Waals surface area contributed by atoms with Crippen molar-refractivity contribution in [2.45, 2.75) is 25.7 Å². The third-order valence-corrected chi connectivity index (χ3v) is 2.14. The molecule has 0 saturated carbocycles. The first-order valence-electron chi connectivity index (χ1n) is 5.99. The first kappa shape index (κ1) is 28.3. The second kappa shape index (κ2) is 13.7. The predicted octanol–water partition coefficient (Wildman–Crippen LogP) is 6.45. The van der Waals surface area contributed by atoms with Crippen molar-refractivity contribution in [3.8, 4) is 0 Å².